The Morgan fingerprint density at radius 2 is 2.05 bits per heavy atom. The number of H-pyrrole nitrogens is 2. The molecule has 0 spiro atoms. The Balaban J connectivity index is 1.88. The Hall–Kier alpha value is -2.38. The van der Waals surface area contributed by atoms with Crippen molar-refractivity contribution >= 4 is 11.8 Å². The zero-order valence-electron chi connectivity index (χ0n) is 11.7. The van der Waals surface area contributed by atoms with Crippen molar-refractivity contribution < 1.29 is 9.59 Å². The minimum atomic E-state index is -0.552. The number of hydrogen-bond acceptors (Lipinski definition) is 4. The summed E-state index contributed by atoms with van der Waals surface area (Å²) in [5.41, 5.74) is -0.138. The molecule has 1 saturated heterocycles. The zero-order chi connectivity index (χ0) is 15.4. The lowest BCUT2D eigenvalue weighted by Crippen LogP contribution is -2.47. The van der Waals surface area contributed by atoms with E-state index in [1.165, 1.54) is 0 Å². The van der Waals surface area contributed by atoms with Gasteiger partial charge in [-0.05, 0) is 19.8 Å². The Kier molecular flexibility index (Phi) is 4.56. The summed E-state index contributed by atoms with van der Waals surface area (Å²) in [7, 11) is 0. The highest BCUT2D eigenvalue weighted by atomic mass is 16.2. The van der Waals surface area contributed by atoms with Crippen LogP contribution in [0, 0.1) is 6.92 Å². The number of aryl methyl sites for hydroxylation is 1. The van der Waals surface area contributed by atoms with Gasteiger partial charge in [-0.2, -0.15) is 0 Å². The molecule has 0 radical (unpaired) electrons. The molecule has 0 aliphatic carbocycles. The third kappa shape index (κ3) is 4.04. The van der Waals surface area contributed by atoms with Crippen LogP contribution in [0.1, 0.15) is 30.5 Å². The van der Waals surface area contributed by atoms with Gasteiger partial charge in [-0.3, -0.25) is 19.4 Å². The predicted molar refractivity (Wildman–Crippen MR) is 74.9 cm³/mol. The molecule has 1 unspecified atom stereocenters. The fraction of sp³-hybridized carbons (Fsp3) is 0.538. The molecule has 8 heteroatoms. The number of aromatic nitrogens is 2. The van der Waals surface area contributed by atoms with E-state index in [2.05, 4.69) is 20.6 Å². The molecule has 1 aliphatic heterocycles. The molecule has 0 bridgehead atoms. The summed E-state index contributed by atoms with van der Waals surface area (Å²) in [6.45, 7) is 2.06. The molecule has 0 aromatic carbocycles. The van der Waals surface area contributed by atoms with Crippen LogP contribution < -0.4 is 21.9 Å². The van der Waals surface area contributed by atoms with Crippen LogP contribution in [0.2, 0.25) is 0 Å². The first-order chi connectivity index (χ1) is 9.95. The number of aromatic amines is 2. The molecule has 2 heterocycles. The lowest BCUT2D eigenvalue weighted by atomic mass is 10.1. The molecule has 1 aliphatic rings. The molecule has 8 nitrogen and oxygen atoms in total. The summed E-state index contributed by atoms with van der Waals surface area (Å²) in [5, 5.41) is 5.51. The van der Waals surface area contributed by atoms with Crippen LogP contribution in [0.4, 0.5) is 0 Å². The van der Waals surface area contributed by atoms with E-state index in [4.69, 9.17) is 0 Å². The van der Waals surface area contributed by atoms with Crippen molar-refractivity contribution in [3.63, 3.8) is 0 Å². The number of carbonyl (C=O) groups is 2. The second-order valence-corrected chi connectivity index (χ2v) is 5.12. The maximum atomic E-state index is 11.8. The van der Waals surface area contributed by atoms with Crippen LogP contribution in [0.3, 0.4) is 0 Å². The van der Waals surface area contributed by atoms with Crippen LogP contribution in [0.25, 0.3) is 0 Å². The van der Waals surface area contributed by atoms with Crippen molar-refractivity contribution in [1.29, 1.82) is 0 Å². The number of hydrogen-bond donors (Lipinski definition) is 4. The zero-order valence-corrected chi connectivity index (χ0v) is 11.7. The van der Waals surface area contributed by atoms with Gasteiger partial charge in [-0.25, -0.2) is 4.79 Å². The van der Waals surface area contributed by atoms with Gasteiger partial charge in [0, 0.05) is 36.7 Å². The fourth-order valence-electron chi connectivity index (χ4n) is 2.32. The maximum Gasteiger partial charge on any atom is 0.325 e. The second-order valence-electron chi connectivity index (χ2n) is 5.12. The monoisotopic (exact) mass is 294 g/mol. The van der Waals surface area contributed by atoms with Gasteiger partial charge in [-0.1, -0.05) is 0 Å². The molecule has 1 aromatic heterocycles. The lowest BCUT2D eigenvalue weighted by molar-refractivity contribution is -0.125. The van der Waals surface area contributed by atoms with Crippen LogP contribution >= 0.6 is 0 Å². The maximum absolute atomic E-state index is 11.8. The number of carbonyl (C=O) groups excluding carboxylic acids is 2. The van der Waals surface area contributed by atoms with E-state index in [0.29, 0.717) is 30.6 Å². The van der Waals surface area contributed by atoms with Gasteiger partial charge >= 0.3 is 5.69 Å². The van der Waals surface area contributed by atoms with Crippen molar-refractivity contribution in [3.8, 4) is 0 Å². The Morgan fingerprint density at radius 1 is 1.29 bits per heavy atom. The molecule has 2 rings (SSSR count). The number of amides is 2. The van der Waals surface area contributed by atoms with Crippen molar-refractivity contribution in [3.05, 3.63) is 32.1 Å². The molecular weight excluding hydrogens is 276 g/mol. The first-order valence-electron chi connectivity index (χ1n) is 6.84. The topological polar surface area (TPSA) is 124 Å². The van der Waals surface area contributed by atoms with Gasteiger partial charge in [0.1, 0.15) is 0 Å². The molecule has 1 fully saturated rings. The minimum Gasteiger partial charge on any atom is -0.354 e. The average Bonchev–Trinajstić information content (AvgIpc) is 2.40. The van der Waals surface area contributed by atoms with Crippen molar-refractivity contribution in [2.75, 3.05) is 6.54 Å². The Bertz CT molecular complexity index is 651. The molecule has 1 aromatic rings. The van der Waals surface area contributed by atoms with E-state index in [9.17, 15) is 19.2 Å². The van der Waals surface area contributed by atoms with Gasteiger partial charge in [-0.15, -0.1) is 0 Å². The highest BCUT2D eigenvalue weighted by Crippen LogP contribution is 2.04. The number of piperidine rings is 1. The van der Waals surface area contributed by atoms with Gasteiger partial charge in [0.25, 0.3) is 5.56 Å². The molecule has 114 valence electrons. The minimum absolute atomic E-state index is 0.00380. The fourth-order valence-corrected chi connectivity index (χ4v) is 2.32. The highest BCUT2D eigenvalue weighted by Gasteiger charge is 2.19. The highest BCUT2D eigenvalue weighted by molar-refractivity contribution is 5.79. The van der Waals surface area contributed by atoms with E-state index >= 15 is 0 Å². The quantitative estimate of drug-likeness (QED) is 0.551. The molecule has 21 heavy (non-hydrogen) atoms. The second kappa shape index (κ2) is 6.38. The molecular formula is C13H18N4O4. The smallest absolute Gasteiger partial charge is 0.325 e. The molecule has 1 atom stereocenters. The van der Waals surface area contributed by atoms with Gasteiger partial charge in [0.05, 0.1) is 0 Å². The van der Waals surface area contributed by atoms with Crippen molar-refractivity contribution in [2.24, 2.45) is 0 Å². The largest absolute Gasteiger partial charge is 0.354 e. The number of nitrogens with one attached hydrogen (secondary N) is 4. The lowest BCUT2D eigenvalue weighted by Gasteiger charge is -2.23. The van der Waals surface area contributed by atoms with E-state index in [-0.39, 0.29) is 30.7 Å². The standard InChI is InChI=1S/C13H18N4O4/c1-7-9(12(20)17-13(21)15-7)3-5-11(19)16-8-2-4-10(18)14-6-8/h8H,2-6H2,1H3,(H,14,18)(H,16,19)(H2,15,17,20,21). The van der Waals surface area contributed by atoms with E-state index in [0.717, 1.165) is 0 Å². The summed E-state index contributed by atoms with van der Waals surface area (Å²) < 4.78 is 0. The van der Waals surface area contributed by atoms with Crippen LogP contribution in [-0.2, 0) is 16.0 Å². The summed E-state index contributed by atoms with van der Waals surface area (Å²) in [5.74, 6) is -0.183. The van der Waals surface area contributed by atoms with E-state index in [1.807, 2.05) is 0 Å². The van der Waals surface area contributed by atoms with E-state index < -0.39 is 11.2 Å². The molecule has 0 saturated carbocycles. The van der Waals surface area contributed by atoms with Crippen LogP contribution in [-0.4, -0.2) is 34.4 Å². The average molecular weight is 294 g/mol. The van der Waals surface area contributed by atoms with Crippen molar-refractivity contribution in [2.45, 2.75) is 38.6 Å². The van der Waals surface area contributed by atoms with Crippen LogP contribution in [0.15, 0.2) is 9.59 Å². The summed E-state index contributed by atoms with van der Waals surface area (Å²) in [6, 6.07) is -0.0647. The summed E-state index contributed by atoms with van der Waals surface area (Å²) in [4.78, 5) is 50.2. The van der Waals surface area contributed by atoms with Gasteiger partial charge < -0.3 is 15.6 Å². The summed E-state index contributed by atoms with van der Waals surface area (Å²) in [6.07, 6.45) is 1.43. The molecule has 4 N–H and O–H groups in total. The molecule has 2 amide bonds. The third-order valence-corrected chi connectivity index (χ3v) is 3.49. The first kappa shape index (κ1) is 15.0. The van der Waals surface area contributed by atoms with E-state index in [1.54, 1.807) is 6.92 Å². The van der Waals surface area contributed by atoms with Gasteiger partial charge in [0.15, 0.2) is 0 Å². The van der Waals surface area contributed by atoms with Gasteiger partial charge in [0.2, 0.25) is 11.8 Å². The Morgan fingerprint density at radius 3 is 2.67 bits per heavy atom. The summed E-state index contributed by atoms with van der Waals surface area (Å²) >= 11 is 0. The van der Waals surface area contributed by atoms with Crippen molar-refractivity contribution in [1.82, 2.24) is 20.6 Å². The van der Waals surface area contributed by atoms with Crippen LogP contribution in [0.5, 0.6) is 0 Å². The number of rotatable bonds is 4. The SMILES string of the molecule is Cc1[nH]c(=O)[nH]c(=O)c1CCC(=O)NC1CCC(=O)NC1. The third-order valence-electron chi connectivity index (χ3n) is 3.49. The first-order valence-corrected chi connectivity index (χ1v) is 6.84. The Labute approximate surface area is 120 Å². The normalized spacial score (nSPS) is 18.1. The predicted octanol–water partition coefficient (Wildman–Crippen LogP) is -1.30.